The maximum Gasteiger partial charge on any atom is 0.435 e. The van der Waals surface area contributed by atoms with E-state index in [1.54, 1.807) is 0 Å². The standard InChI is InChI=1S/C29H22F8N4O3S/c30-17-3-5-18(6-4-17)45(43,44)26-11-9-19(25(42)40-23-10-12-38-24-20(23)14-39-41-24)22(26)7-1-15-13-16(2-8-21(15)26)27(31,28(32,33)34)29(35,36)37/h2-6,8,10,12-14,19,22H,1,7,9,11H2,(H2,38,39,40,41,42)/t19-,22+,26-/m1/s1. The number of alkyl halides is 7. The van der Waals surface area contributed by atoms with Crippen LogP contribution in [-0.2, 0) is 31.5 Å². The number of aromatic nitrogens is 3. The zero-order valence-corrected chi connectivity index (χ0v) is 23.6. The molecule has 2 aliphatic rings. The van der Waals surface area contributed by atoms with Crippen molar-refractivity contribution in [1.29, 1.82) is 0 Å². The Kier molecular flexibility index (Phi) is 7.02. The van der Waals surface area contributed by atoms with E-state index in [9.17, 15) is 43.9 Å². The third kappa shape index (κ3) is 4.50. The highest BCUT2D eigenvalue weighted by atomic mass is 32.2. The van der Waals surface area contributed by atoms with E-state index in [-0.39, 0.29) is 41.7 Å². The van der Waals surface area contributed by atoms with E-state index < -0.39 is 61.7 Å². The lowest BCUT2D eigenvalue weighted by Gasteiger charge is -2.42. The minimum Gasteiger partial charge on any atom is -0.325 e. The number of aromatic amines is 1. The van der Waals surface area contributed by atoms with Crippen molar-refractivity contribution in [2.24, 2.45) is 11.8 Å². The molecule has 1 saturated carbocycles. The molecule has 7 nitrogen and oxygen atoms in total. The van der Waals surface area contributed by atoms with Crippen LogP contribution < -0.4 is 5.32 Å². The van der Waals surface area contributed by atoms with Gasteiger partial charge in [0.1, 0.15) is 10.6 Å². The molecule has 0 radical (unpaired) electrons. The third-order valence-electron chi connectivity index (χ3n) is 8.93. The van der Waals surface area contributed by atoms with Gasteiger partial charge in [-0.2, -0.15) is 31.4 Å². The number of anilines is 1. The van der Waals surface area contributed by atoms with Crippen LogP contribution in [-0.4, -0.2) is 41.9 Å². The molecule has 4 aromatic rings. The molecule has 0 bridgehead atoms. The number of nitrogens with zero attached hydrogens (tertiary/aromatic N) is 2. The van der Waals surface area contributed by atoms with Crippen molar-refractivity contribution in [3.05, 3.63) is 83.4 Å². The fourth-order valence-corrected chi connectivity index (χ4v) is 9.35. The maximum atomic E-state index is 15.0. The lowest BCUT2D eigenvalue weighted by Crippen LogP contribution is -2.51. The predicted molar refractivity (Wildman–Crippen MR) is 144 cm³/mol. The Bertz CT molecular complexity index is 1890. The molecule has 1 amide bonds. The van der Waals surface area contributed by atoms with Crippen LogP contribution in [0.15, 0.2) is 65.8 Å². The Hall–Kier alpha value is -4.08. The van der Waals surface area contributed by atoms with E-state index in [2.05, 4.69) is 20.5 Å². The van der Waals surface area contributed by atoms with Crippen LogP contribution in [0.1, 0.15) is 36.0 Å². The number of hydrogen-bond acceptors (Lipinski definition) is 5. The molecule has 16 heteroatoms. The first-order valence-corrected chi connectivity index (χ1v) is 15.1. The minimum atomic E-state index is -6.36. The average Bonchev–Trinajstić information content (AvgIpc) is 3.62. The molecule has 0 spiro atoms. The number of aryl methyl sites for hydroxylation is 1. The van der Waals surface area contributed by atoms with Crippen molar-refractivity contribution in [3.8, 4) is 0 Å². The normalized spacial score (nSPS) is 22.2. The molecule has 2 N–H and O–H groups in total. The number of amides is 1. The Morgan fingerprint density at radius 3 is 2.31 bits per heavy atom. The fourth-order valence-electron chi connectivity index (χ4n) is 6.88. The zero-order valence-electron chi connectivity index (χ0n) is 22.8. The summed E-state index contributed by atoms with van der Waals surface area (Å²) in [5.41, 5.74) is -7.09. The highest BCUT2D eigenvalue weighted by Gasteiger charge is 2.74. The number of halogens is 8. The summed E-state index contributed by atoms with van der Waals surface area (Å²) in [7, 11) is -4.57. The van der Waals surface area contributed by atoms with E-state index in [4.69, 9.17) is 0 Å². The molecule has 0 aliphatic heterocycles. The molecule has 3 atom stereocenters. The van der Waals surface area contributed by atoms with Crippen LogP contribution in [0.2, 0.25) is 0 Å². The molecule has 2 aliphatic carbocycles. The molecule has 2 heterocycles. The van der Waals surface area contributed by atoms with Crippen molar-refractivity contribution >= 4 is 32.5 Å². The molecule has 0 saturated heterocycles. The smallest absolute Gasteiger partial charge is 0.325 e. The molecule has 238 valence electrons. The lowest BCUT2D eigenvalue weighted by atomic mass is 9.72. The van der Waals surface area contributed by atoms with E-state index in [0.29, 0.717) is 28.9 Å². The third-order valence-corrected chi connectivity index (χ3v) is 11.5. The number of hydrogen-bond donors (Lipinski definition) is 2. The van der Waals surface area contributed by atoms with E-state index in [1.807, 2.05) is 0 Å². The van der Waals surface area contributed by atoms with Crippen molar-refractivity contribution in [3.63, 3.8) is 0 Å². The summed E-state index contributed by atoms with van der Waals surface area (Å²) in [6.45, 7) is 0. The van der Waals surface area contributed by atoms with Crippen molar-refractivity contribution in [1.82, 2.24) is 15.2 Å². The molecule has 6 rings (SSSR count). The van der Waals surface area contributed by atoms with E-state index >= 15 is 4.39 Å². The van der Waals surface area contributed by atoms with Crippen LogP contribution in [0.3, 0.4) is 0 Å². The van der Waals surface area contributed by atoms with E-state index in [1.165, 1.54) is 18.5 Å². The first kappa shape index (κ1) is 30.9. The Morgan fingerprint density at radius 2 is 1.64 bits per heavy atom. The highest BCUT2D eigenvalue weighted by Crippen LogP contribution is 2.60. The van der Waals surface area contributed by atoms with Gasteiger partial charge in [0.2, 0.25) is 5.91 Å². The molecular formula is C29H22F8N4O3S. The largest absolute Gasteiger partial charge is 0.435 e. The van der Waals surface area contributed by atoms with Gasteiger partial charge < -0.3 is 5.32 Å². The molecule has 45 heavy (non-hydrogen) atoms. The Morgan fingerprint density at radius 1 is 0.956 bits per heavy atom. The molecule has 0 unspecified atom stereocenters. The highest BCUT2D eigenvalue weighted by molar-refractivity contribution is 7.92. The quantitative estimate of drug-likeness (QED) is 0.184. The summed E-state index contributed by atoms with van der Waals surface area (Å²) in [5.74, 6) is -3.27. The summed E-state index contributed by atoms with van der Waals surface area (Å²) in [6, 6.07) is 6.79. The number of fused-ring (bicyclic) bond motifs is 4. The van der Waals surface area contributed by atoms with Crippen molar-refractivity contribution < 1.29 is 48.3 Å². The van der Waals surface area contributed by atoms with Crippen LogP contribution >= 0.6 is 0 Å². The number of carbonyl (C=O) groups is 1. The van der Waals surface area contributed by atoms with Crippen LogP contribution in [0.25, 0.3) is 11.0 Å². The number of H-pyrrole nitrogens is 1. The number of rotatable bonds is 5. The van der Waals surface area contributed by atoms with Gasteiger partial charge in [-0.25, -0.2) is 22.2 Å². The summed E-state index contributed by atoms with van der Waals surface area (Å²) in [6.07, 6.45) is -10.5. The van der Waals surface area contributed by atoms with Gasteiger partial charge in [-0.15, -0.1) is 0 Å². The molecule has 1 fully saturated rings. The first-order chi connectivity index (χ1) is 21.0. The average molecular weight is 659 g/mol. The van der Waals surface area contributed by atoms with Crippen molar-refractivity contribution in [2.45, 2.75) is 53.3 Å². The van der Waals surface area contributed by atoms with Crippen LogP contribution in [0.5, 0.6) is 0 Å². The van der Waals surface area contributed by atoms with Crippen LogP contribution in [0.4, 0.5) is 40.8 Å². The summed E-state index contributed by atoms with van der Waals surface area (Å²) in [5, 5.41) is 9.77. The second-order valence-corrected chi connectivity index (χ2v) is 13.3. The lowest BCUT2D eigenvalue weighted by molar-refractivity contribution is -0.348. The second kappa shape index (κ2) is 10.2. The fraction of sp³-hybridized carbons (Fsp3) is 0.345. The van der Waals surface area contributed by atoms with Gasteiger partial charge in [0, 0.05) is 17.7 Å². The summed E-state index contributed by atoms with van der Waals surface area (Å²) in [4.78, 5) is 17.4. The molecule has 2 aromatic carbocycles. The summed E-state index contributed by atoms with van der Waals surface area (Å²) < 4.78 is 137. The van der Waals surface area contributed by atoms with Gasteiger partial charge in [0.25, 0.3) is 0 Å². The van der Waals surface area contributed by atoms with E-state index in [0.717, 1.165) is 30.3 Å². The maximum absolute atomic E-state index is 15.0. The first-order valence-electron chi connectivity index (χ1n) is 13.6. The number of pyridine rings is 1. The van der Waals surface area contributed by atoms with Gasteiger partial charge >= 0.3 is 18.0 Å². The molecular weight excluding hydrogens is 636 g/mol. The number of benzene rings is 2. The van der Waals surface area contributed by atoms with Gasteiger partial charge in [-0.1, -0.05) is 18.2 Å². The van der Waals surface area contributed by atoms with Crippen LogP contribution in [0, 0.1) is 17.7 Å². The number of sulfone groups is 1. The topological polar surface area (TPSA) is 105 Å². The summed E-state index contributed by atoms with van der Waals surface area (Å²) >= 11 is 0. The monoisotopic (exact) mass is 658 g/mol. The zero-order chi connectivity index (χ0) is 32.6. The van der Waals surface area contributed by atoms with Gasteiger partial charge in [-0.05, 0) is 73.1 Å². The van der Waals surface area contributed by atoms with Crippen molar-refractivity contribution in [2.75, 3.05) is 5.32 Å². The Labute approximate surface area is 250 Å². The molecule has 2 aromatic heterocycles. The predicted octanol–water partition coefficient (Wildman–Crippen LogP) is 6.67. The second-order valence-electron chi connectivity index (χ2n) is 11.1. The SMILES string of the molecule is O=C(Nc1ccnc2[nH]ncc12)[C@@H]1CC[C@@]2(S(=O)(=O)c3ccc(F)cc3)c3ccc(C(F)(C(F)(F)F)C(F)(F)F)cc3CC[C@@H]12. The van der Waals surface area contributed by atoms with Gasteiger partial charge in [0.05, 0.1) is 22.2 Å². The number of carbonyl (C=O) groups excluding carboxylic acids is 1. The number of nitrogens with one attached hydrogen (secondary N) is 2. The van der Waals surface area contributed by atoms with Gasteiger partial charge in [0.15, 0.2) is 15.5 Å². The Balaban J connectivity index is 1.48. The van der Waals surface area contributed by atoms with Gasteiger partial charge in [-0.3, -0.25) is 9.89 Å². The minimum absolute atomic E-state index is 0.0180.